The van der Waals surface area contributed by atoms with Gasteiger partial charge in [-0.1, -0.05) is 32.9 Å². The van der Waals surface area contributed by atoms with Gasteiger partial charge in [0.15, 0.2) is 15.8 Å². The van der Waals surface area contributed by atoms with Gasteiger partial charge in [0, 0.05) is 19.6 Å². The molecule has 0 saturated carbocycles. The van der Waals surface area contributed by atoms with E-state index < -0.39 is 9.84 Å². The minimum absolute atomic E-state index is 0. The maximum atomic E-state index is 12.6. The molecule has 1 fully saturated rings. The monoisotopic (exact) mass is 523 g/mol. The summed E-state index contributed by atoms with van der Waals surface area (Å²) in [5.41, 5.74) is 1.11. The number of guanidine groups is 1. The number of nitrogens with one attached hydrogen (secondary N) is 1. The van der Waals surface area contributed by atoms with E-state index in [2.05, 4.69) is 36.0 Å². The zero-order chi connectivity index (χ0) is 20.1. The zero-order valence-corrected chi connectivity index (χ0v) is 20.5. The van der Waals surface area contributed by atoms with Crippen molar-refractivity contribution in [2.45, 2.75) is 57.0 Å². The number of aliphatic imine (C=N–C) groups is 1. The molecule has 0 aliphatic carbocycles. The van der Waals surface area contributed by atoms with Crippen LogP contribution in [0.15, 0.2) is 34.2 Å². The maximum absolute atomic E-state index is 12.6. The number of hydrogen-bond acceptors (Lipinski definition) is 4. The molecule has 0 radical (unpaired) electrons. The second-order valence-electron chi connectivity index (χ2n) is 8.05. The summed E-state index contributed by atoms with van der Waals surface area (Å²) in [6, 6.07) is 7.16. The lowest BCUT2D eigenvalue weighted by atomic mass is 9.87. The van der Waals surface area contributed by atoms with Crippen LogP contribution in [-0.2, 0) is 15.3 Å². The van der Waals surface area contributed by atoms with E-state index in [1.807, 2.05) is 19.1 Å². The molecule has 0 amide bonds. The number of likely N-dealkylation sites (tertiary alicyclic amines) is 1. The molecule has 1 aromatic carbocycles. The zero-order valence-electron chi connectivity index (χ0n) is 17.3. The van der Waals surface area contributed by atoms with Gasteiger partial charge in [-0.2, -0.15) is 0 Å². The highest BCUT2D eigenvalue weighted by Crippen LogP contribution is 2.23. The molecule has 160 valence electrons. The van der Waals surface area contributed by atoms with Crippen molar-refractivity contribution in [2.24, 2.45) is 4.99 Å². The molecule has 0 atom stereocenters. The molecule has 2 rings (SSSR count). The van der Waals surface area contributed by atoms with Crippen LogP contribution >= 0.6 is 24.0 Å². The third kappa shape index (κ3) is 7.18. The van der Waals surface area contributed by atoms with E-state index in [4.69, 9.17) is 0 Å². The topological polar surface area (TPSA) is 82.0 Å². The minimum atomic E-state index is -3.37. The number of sulfone groups is 1. The van der Waals surface area contributed by atoms with Crippen molar-refractivity contribution in [1.29, 1.82) is 0 Å². The Labute approximate surface area is 186 Å². The highest BCUT2D eigenvalue weighted by molar-refractivity contribution is 14.0. The van der Waals surface area contributed by atoms with Gasteiger partial charge < -0.3 is 15.3 Å². The number of rotatable bonds is 5. The highest BCUT2D eigenvalue weighted by atomic mass is 127. The van der Waals surface area contributed by atoms with Crippen molar-refractivity contribution in [3.63, 3.8) is 0 Å². The SMILES string of the molecule is CCNC(=NCCS(=O)(=O)c1ccc(C(C)(C)C)cc1)N1CCC(O)CC1.I. The van der Waals surface area contributed by atoms with E-state index >= 15 is 0 Å². The Kier molecular flexibility index (Phi) is 9.69. The number of nitrogens with zero attached hydrogens (tertiary/aromatic N) is 2. The van der Waals surface area contributed by atoms with E-state index in [0.29, 0.717) is 17.7 Å². The lowest BCUT2D eigenvalue weighted by Crippen LogP contribution is -2.46. The van der Waals surface area contributed by atoms with Crippen LogP contribution in [0.25, 0.3) is 0 Å². The van der Waals surface area contributed by atoms with Gasteiger partial charge in [-0.25, -0.2) is 8.42 Å². The predicted molar refractivity (Wildman–Crippen MR) is 125 cm³/mol. The van der Waals surface area contributed by atoms with Crippen LogP contribution in [0.1, 0.15) is 46.1 Å². The standard InChI is InChI=1S/C20H33N3O3S.HI/c1-5-21-19(23-13-10-17(24)11-14-23)22-12-15-27(25,26)18-8-6-16(7-9-18)20(2,3)4;/h6-9,17,24H,5,10-15H2,1-4H3,(H,21,22);1H. The number of hydrogen-bond donors (Lipinski definition) is 2. The van der Waals surface area contributed by atoms with Crippen molar-refractivity contribution in [3.05, 3.63) is 29.8 Å². The molecule has 1 aliphatic heterocycles. The molecule has 6 nitrogen and oxygen atoms in total. The summed E-state index contributed by atoms with van der Waals surface area (Å²) in [4.78, 5) is 6.93. The molecular formula is C20H34IN3O3S. The molecule has 1 heterocycles. The average Bonchev–Trinajstić information content (AvgIpc) is 2.61. The summed E-state index contributed by atoms with van der Waals surface area (Å²) in [5, 5.41) is 12.9. The fourth-order valence-corrected chi connectivity index (χ4v) is 4.17. The number of benzene rings is 1. The third-order valence-electron chi connectivity index (χ3n) is 4.80. The van der Waals surface area contributed by atoms with Crippen molar-refractivity contribution >= 4 is 39.8 Å². The van der Waals surface area contributed by atoms with Gasteiger partial charge in [0.25, 0.3) is 0 Å². The van der Waals surface area contributed by atoms with E-state index in [1.165, 1.54) is 0 Å². The molecule has 8 heteroatoms. The molecule has 0 unspecified atom stereocenters. The summed E-state index contributed by atoms with van der Waals surface area (Å²) in [7, 11) is -3.37. The summed E-state index contributed by atoms with van der Waals surface area (Å²) in [6.45, 7) is 10.7. The Morgan fingerprint density at radius 2 is 1.79 bits per heavy atom. The molecule has 0 aromatic heterocycles. The molecule has 1 saturated heterocycles. The first kappa shape index (κ1) is 25.2. The fourth-order valence-electron chi connectivity index (χ4n) is 3.06. The van der Waals surface area contributed by atoms with E-state index in [0.717, 1.165) is 31.2 Å². The minimum Gasteiger partial charge on any atom is -0.393 e. The highest BCUT2D eigenvalue weighted by Gasteiger charge is 2.21. The summed E-state index contributed by atoms with van der Waals surface area (Å²) in [5.74, 6) is 0.704. The lowest BCUT2D eigenvalue weighted by molar-refractivity contribution is 0.108. The van der Waals surface area contributed by atoms with Crippen molar-refractivity contribution in [2.75, 3.05) is 31.9 Å². The second-order valence-corrected chi connectivity index (χ2v) is 10.2. The molecule has 2 N–H and O–H groups in total. The van der Waals surface area contributed by atoms with Crippen LogP contribution in [0.3, 0.4) is 0 Å². The quantitative estimate of drug-likeness (QED) is 0.353. The lowest BCUT2D eigenvalue weighted by Gasteiger charge is -2.32. The Balaban J connectivity index is 0.00000392. The molecule has 1 aromatic rings. The van der Waals surface area contributed by atoms with E-state index in [1.54, 1.807) is 12.1 Å². The Bertz CT molecular complexity index is 735. The van der Waals surface area contributed by atoms with Crippen LogP contribution in [0.4, 0.5) is 0 Å². The van der Waals surface area contributed by atoms with Crippen molar-refractivity contribution < 1.29 is 13.5 Å². The molecular weight excluding hydrogens is 489 g/mol. The summed E-state index contributed by atoms with van der Waals surface area (Å²) < 4.78 is 25.2. The largest absolute Gasteiger partial charge is 0.393 e. The van der Waals surface area contributed by atoms with Gasteiger partial charge >= 0.3 is 0 Å². The number of aliphatic hydroxyl groups is 1. The first-order valence-corrected chi connectivity index (χ1v) is 11.3. The Morgan fingerprint density at radius 1 is 1.21 bits per heavy atom. The van der Waals surface area contributed by atoms with E-state index in [9.17, 15) is 13.5 Å². The average molecular weight is 523 g/mol. The normalized spacial score (nSPS) is 16.6. The number of piperidine rings is 1. The van der Waals surface area contributed by atoms with E-state index in [-0.39, 0.29) is 47.8 Å². The van der Waals surface area contributed by atoms with Crippen LogP contribution in [-0.4, -0.2) is 62.4 Å². The van der Waals surface area contributed by atoms with Gasteiger partial charge in [-0.05, 0) is 42.9 Å². The molecule has 0 bridgehead atoms. The second kappa shape index (κ2) is 10.8. The Morgan fingerprint density at radius 3 is 2.29 bits per heavy atom. The van der Waals surface area contributed by atoms with Crippen LogP contribution in [0.5, 0.6) is 0 Å². The van der Waals surface area contributed by atoms with Gasteiger partial charge in [-0.3, -0.25) is 4.99 Å². The van der Waals surface area contributed by atoms with Crippen LogP contribution < -0.4 is 5.32 Å². The van der Waals surface area contributed by atoms with Gasteiger partial charge in [-0.15, -0.1) is 24.0 Å². The van der Waals surface area contributed by atoms with Gasteiger partial charge in [0.1, 0.15) is 0 Å². The van der Waals surface area contributed by atoms with Crippen molar-refractivity contribution in [1.82, 2.24) is 10.2 Å². The molecule has 0 spiro atoms. The first-order chi connectivity index (χ1) is 12.6. The smallest absolute Gasteiger partial charge is 0.193 e. The summed E-state index contributed by atoms with van der Waals surface area (Å²) >= 11 is 0. The van der Waals surface area contributed by atoms with Crippen LogP contribution in [0, 0.1) is 0 Å². The first-order valence-electron chi connectivity index (χ1n) is 9.68. The fraction of sp³-hybridized carbons (Fsp3) is 0.650. The van der Waals surface area contributed by atoms with Gasteiger partial charge in [0.2, 0.25) is 0 Å². The summed E-state index contributed by atoms with van der Waals surface area (Å²) in [6.07, 6.45) is 1.17. The maximum Gasteiger partial charge on any atom is 0.193 e. The van der Waals surface area contributed by atoms with Gasteiger partial charge in [0.05, 0.1) is 23.3 Å². The third-order valence-corrected chi connectivity index (χ3v) is 6.51. The van der Waals surface area contributed by atoms with Crippen molar-refractivity contribution in [3.8, 4) is 0 Å². The predicted octanol–water partition coefficient (Wildman–Crippen LogP) is 2.80. The molecule has 1 aliphatic rings. The number of aliphatic hydroxyl groups excluding tert-OH is 1. The molecule has 28 heavy (non-hydrogen) atoms. The number of halogens is 1. The van der Waals surface area contributed by atoms with Crippen LogP contribution in [0.2, 0.25) is 0 Å². The Hall–Kier alpha value is -0.870.